The van der Waals surface area contributed by atoms with Gasteiger partial charge < -0.3 is 9.80 Å². The lowest BCUT2D eigenvalue weighted by atomic mass is 10.2. The number of benzene rings is 1. The van der Waals surface area contributed by atoms with Gasteiger partial charge in [-0.15, -0.1) is 11.8 Å². The minimum absolute atomic E-state index is 0.109. The number of piperazine rings is 1. The number of rotatable bonds is 4. The van der Waals surface area contributed by atoms with Crippen LogP contribution in [0.25, 0.3) is 0 Å². The van der Waals surface area contributed by atoms with E-state index in [-0.39, 0.29) is 22.9 Å². The first kappa shape index (κ1) is 17.5. The van der Waals surface area contributed by atoms with Crippen LogP contribution in [0, 0.1) is 6.92 Å². The van der Waals surface area contributed by atoms with Crippen LogP contribution in [0.5, 0.6) is 0 Å². The zero-order chi connectivity index (χ0) is 17.8. The third-order valence-corrected chi connectivity index (χ3v) is 5.28. The molecule has 25 heavy (non-hydrogen) atoms. The van der Waals surface area contributed by atoms with E-state index in [4.69, 9.17) is 0 Å². The highest BCUT2D eigenvalue weighted by Crippen LogP contribution is 2.25. The second-order valence-corrected chi connectivity index (χ2v) is 7.44. The Hall–Kier alpha value is -2.35. The molecule has 1 atom stereocenters. The SMILES string of the molecule is Cc1ccc(S[C@@H](C)C(=O)N2CCN(C(=O)c3ncn[nH]3)CC2)cc1. The Labute approximate surface area is 150 Å². The molecule has 2 amide bonds. The van der Waals surface area contributed by atoms with Crippen molar-refractivity contribution in [2.45, 2.75) is 24.0 Å². The second-order valence-electron chi connectivity index (χ2n) is 6.02. The summed E-state index contributed by atoms with van der Waals surface area (Å²) < 4.78 is 0. The van der Waals surface area contributed by atoms with E-state index >= 15 is 0 Å². The van der Waals surface area contributed by atoms with Gasteiger partial charge in [-0.1, -0.05) is 17.7 Å². The summed E-state index contributed by atoms with van der Waals surface area (Å²) in [4.78, 5) is 33.4. The predicted octanol–water partition coefficient (Wildman–Crippen LogP) is 1.58. The number of aromatic nitrogens is 3. The molecule has 0 radical (unpaired) electrons. The van der Waals surface area contributed by atoms with Gasteiger partial charge in [-0.25, -0.2) is 4.98 Å². The van der Waals surface area contributed by atoms with Crippen LogP contribution in [0.2, 0.25) is 0 Å². The Morgan fingerprint density at radius 1 is 1.12 bits per heavy atom. The molecule has 7 nitrogen and oxygen atoms in total. The molecule has 1 aliphatic heterocycles. The molecule has 1 aliphatic rings. The Morgan fingerprint density at radius 3 is 2.36 bits per heavy atom. The van der Waals surface area contributed by atoms with Crippen LogP contribution >= 0.6 is 11.8 Å². The van der Waals surface area contributed by atoms with Gasteiger partial charge in [0.15, 0.2) is 0 Å². The first-order valence-electron chi connectivity index (χ1n) is 8.21. The summed E-state index contributed by atoms with van der Waals surface area (Å²) in [5, 5.41) is 6.13. The molecular weight excluding hydrogens is 338 g/mol. The average Bonchev–Trinajstić information content (AvgIpc) is 3.17. The van der Waals surface area contributed by atoms with Crippen LogP contribution in [0.4, 0.5) is 0 Å². The maximum atomic E-state index is 12.6. The number of hydrogen-bond acceptors (Lipinski definition) is 5. The summed E-state index contributed by atoms with van der Waals surface area (Å²) in [5.41, 5.74) is 1.20. The van der Waals surface area contributed by atoms with E-state index in [1.54, 1.807) is 16.7 Å². The lowest BCUT2D eigenvalue weighted by Crippen LogP contribution is -2.52. The molecule has 0 spiro atoms. The fourth-order valence-electron chi connectivity index (χ4n) is 2.72. The molecule has 132 valence electrons. The number of thioether (sulfide) groups is 1. The first-order valence-corrected chi connectivity index (χ1v) is 9.09. The highest BCUT2D eigenvalue weighted by atomic mass is 32.2. The van der Waals surface area contributed by atoms with E-state index in [1.807, 2.05) is 43.0 Å². The number of aromatic amines is 1. The lowest BCUT2D eigenvalue weighted by Gasteiger charge is -2.35. The predicted molar refractivity (Wildman–Crippen MR) is 95.4 cm³/mol. The summed E-state index contributed by atoms with van der Waals surface area (Å²) in [6, 6.07) is 8.18. The minimum atomic E-state index is -0.174. The number of carbonyl (C=O) groups excluding carboxylic acids is 2. The van der Waals surface area contributed by atoms with Crippen LogP contribution in [-0.4, -0.2) is 68.2 Å². The number of H-pyrrole nitrogens is 1. The van der Waals surface area contributed by atoms with Crippen molar-refractivity contribution in [3.05, 3.63) is 42.0 Å². The second kappa shape index (κ2) is 7.69. The molecule has 2 heterocycles. The van der Waals surface area contributed by atoms with E-state index < -0.39 is 0 Å². The monoisotopic (exact) mass is 359 g/mol. The van der Waals surface area contributed by atoms with Crippen LogP contribution in [0.3, 0.4) is 0 Å². The third kappa shape index (κ3) is 4.19. The van der Waals surface area contributed by atoms with Gasteiger partial charge in [0, 0.05) is 31.1 Å². The van der Waals surface area contributed by atoms with Gasteiger partial charge in [-0.3, -0.25) is 14.7 Å². The van der Waals surface area contributed by atoms with Crippen molar-refractivity contribution in [3.63, 3.8) is 0 Å². The van der Waals surface area contributed by atoms with Gasteiger partial charge in [0.2, 0.25) is 11.7 Å². The highest BCUT2D eigenvalue weighted by molar-refractivity contribution is 8.00. The Kier molecular flexibility index (Phi) is 5.37. The molecule has 1 saturated heterocycles. The fraction of sp³-hybridized carbons (Fsp3) is 0.412. The summed E-state index contributed by atoms with van der Waals surface area (Å²) in [7, 11) is 0. The van der Waals surface area contributed by atoms with Crippen LogP contribution in [0.1, 0.15) is 23.1 Å². The average molecular weight is 359 g/mol. The smallest absolute Gasteiger partial charge is 0.291 e. The van der Waals surface area contributed by atoms with E-state index in [2.05, 4.69) is 15.2 Å². The fourth-order valence-corrected chi connectivity index (χ4v) is 3.67. The number of aryl methyl sites for hydroxylation is 1. The van der Waals surface area contributed by atoms with Crippen molar-refractivity contribution in [2.75, 3.05) is 26.2 Å². The Bertz CT molecular complexity index is 724. The number of nitrogens with zero attached hydrogens (tertiary/aromatic N) is 4. The first-order chi connectivity index (χ1) is 12.0. The number of amides is 2. The lowest BCUT2D eigenvalue weighted by molar-refractivity contribution is -0.131. The maximum absolute atomic E-state index is 12.6. The van der Waals surface area contributed by atoms with Gasteiger partial charge in [0.25, 0.3) is 5.91 Å². The molecule has 8 heteroatoms. The molecule has 1 N–H and O–H groups in total. The van der Waals surface area contributed by atoms with Gasteiger partial charge in [-0.05, 0) is 26.0 Å². The molecule has 1 aromatic heterocycles. The van der Waals surface area contributed by atoms with Gasteiger partial charge in [0.1, 0.15) is 6.33 Å². The van der Waals surface area contributed by atoms with Gasteiger partial charge in [-0.2, -0.15) is 5.10 Å². The van der Waals surface area contributed by atoms with E-state index in [0.717, 1.165) is 4.90 Å². The van der Waals surface area contributed by atoms with Gasteiger partial charge in [0.05, 0.1) is 5.25 Å². The molecule has 0 aliphatic carbocycles. The Balaban J connectivity index is 1.52. The van der Waals surface area contributed by atoms with Crippen molar-refractivity contribution in [1.29, 1.82) is 0 Å². The van der Waals surface area contributed by atoms with Gasteiger partial charge >= 0.3 is 0 Å². The van der Waals surface area contributed by atoms with Crippen molar-refractivity contribution in [2.24, 2.45) is 0 Å². The normalized spacial score (nSPS) is 15.9. The third-order valence-electron chi connectivity index (χ3n) is 4.18. The van der Waals surface area contributed by atoms with E-state index in [0.29, 0.717) is 26.2 Å². The van der Waals surface area contributed by atoms with Crippen LogP contribution in [0.15, 0.2) is 35.5 Å². The summed E-state index contributed by atoms with van der Waals surface area (Å²) in [5.74, 6) is 0.173. The van der Waals surface area contributed by atoms with Crippen molar-refractivity contribution in [3.8, 4) is 0 Å². The van der Waals surface area contributed by atoms with Crippen LogP contribution in [-0.2, 0) is 4.79 Å². The molecule has 1 aromatic carbocycles. The zero-order valence-electron chi connectivity index (χ0n) is 14.3. The molecule has 0 saturated carbocycles. The summed E-state index contributed by atoms with van der Waals surface area (Å²) in [6.07, 6.45) is 1.32. The number of carbonyl (C=O) groups is 2. The molecule has 2 aromatic rings. The zero-order valence-corrected chi connectivity index (χ0v) is 15.1. The summed E-state index contributed by atoms with van der Waals surface area (Å²) >= 11 is 1.56. The van der Waals surface area contributed by atoms with Crippen molar-refractivity contribution >= 4 is 23.6 Å². The minimum Gasteiger partial charge on any atom is -0.338 e. The maximum Gasteiger partial charge on any atom is 0.291 e. The molecule has 0 bridgehead atoms. The number of nitrogens with one attached hydrogen (secondary N) is 1. The standard InChI is InChI=1S/C17H21N5O2S/c1-12-3-5-14(6-4-12)25-13(2)16(23)21-7-9-22(10-8-21)17(24)15-18-11-19-20-15/h3-6,11,13H,7-10H2,1-2H3,(H,18,19,20)/t13-/m0/s1. The topological polar surface area (TPSA) is 82.2 Å². The quantitative estimate of drug-likeness (QED) is 0.838. The Morgan fingerprint density at radius 2 is 1.76 bits per heavy atom. The molecular formula is C17H21N5O2S. The van der Waals surface area contributed by atoms with E-state index in [1.165, 1.54) is 11.9 Å². The van der Waals surface area contributed by atoms with Crippen LogP contribution < -0.4 is 0 Å². The van der Waals surface area contributed by atoms with Crippen molar-refractivity contribution < 1.29 is 9.59 Å². The number of hydrogen-bond donors (Lipinski definition) is 1. The molecule has 3 rings (SSSR count). The molecule has 0 unspecified atom stereocenters. The largest absolute Gasteiger partial charge is 0.338 e. The highest BCUT2D eigenvalue weighted by Gasteiger charge is 2.28. The van der Waals surface area contributed by atoms with Crippen molar-refractivity contribution in [1.82, 2.24) is 25.0 Å². The van der Waals surface area contributed by atoms with E-state index in [9.17, 15) is 9.59 Å². The molecule has 1 fully saturated rings. The summed E-state index contributed by atoms with van der Waals surface area (Å²) in [6.45, 7) is 6.07.